The quantitative estimate of drug-likeness (QED) is 0.646. The molecule has 20 heavy (non-hydrogen) atoms. The first-order valence-electron chi connectivity index (χ1n) is 6.82. The largest absolute Gasteiger partial charge is 0.462 e. The number of hydrogen-bond donors (Lipinski definition) is 1. The molecule has 0 heterocycles. The maximum atomic E-state index is 11.7. The van der Waals surface area contributed by atoms with Gasteiger partial charge in [-0.05, 0) is 31.2 Å². The second kappa shape index (κ2) is 7.64. The van der Waals surface area contributed by atoms with Crippen LogP contribution in [0.5, 0.6) is 0 Å². The molecule has 5 heteroatoms. The normalized spacial score (nSPS) is 15.2. The number of ether oxygens (including phenoxy) is 1. The van der Waals surface area contributed by atoms with Crippen molar-refractivity contribution < 1.29 is 9.53 Å². The predicted molar refractivity (Wildman–Crippen MR) is 86.8 cm³/mol. The number of thiocarbonyl (C=S) groups is 1. The molecule has 1 fully saturated rings. The molecule has 1 aromatic carbocycles. The van der Waals surface area contributed by atoms with Crippen LogP contribution in [-0.4, -0.2) is 22.8 Å². The van der Waals surface area contributed by atoms with Crippen LogP contribution in [-0.2, 0) is 15.3 Å². The van der Waals surface area contributed by atoms with Gasteiger partial charge in [0.1, 0.15) is 11.1 Å². The van der Waals surface area contributed by atoms with E-state index in [0.29, 0.717) is 16.5 Å². The Labute approximate surface area is 129 Å². The lowest BCUT2D eigenvalue weighted by Crippen LogP contribution is -2.16. The lowest BCUT2D eigenvalue weighted by Gasteiger charge is -2.11. The van der Waals surface area contributed by atoms with Crippen molar-refractivity contribution in [3.8, 4) is 0 Å². The zero-order valence-corrected chi connectivity index (χ0v) is 13.0. The Balaban J connectivity index is 1.78. The molecule has 2 rings (SSSR count). The number of thioether (sulfide) groups is 1. The number of carbonyl (C=O) groups is 1. The molecule has 0 atom stereocenters. The van der Waals surface area contributed by atoms with E-state index in [0.717, 1.165) is 24.0 Å². The molecule has 0 saturated heterocycles. The van der Waals surface area contributed by atoms with Crippen molar-refractivity contribution >= 4 is 34.9 Å². The van der Waals surface area contributed by atoms with E-state index in [2.05, 4.69) is 0 Å². The van der Waals surface area contributed by atoms with Crippen LogP contribution in [0.3, 0.4) is 0 Å². The van der Waals surface area contributed by atoms with Crippen LogP contribution in [0.2, 0.25) is 0 Å². The molecule has 1 aromatic rings. The summed E-state index contributed by atoms with van der Waals surface area (Å²) in [7, 11) is 0. The van der Waals surface area contributed by atoms with Crippen LogP contribution in [0.4, 0.5) is 0 Å². The molecule has 0 aliphatic heterocycles. The summed E-state index contributed by atoms with van der Waals surface area (Å²) in [5, 5.41) is 0. The predicted octanol–water partition coefficient (Wildman–Crippen LogP) is 3.04. The van der Waals surface area contributed by atoms with Crippen LogP contribution in [0.15, 0.2) is 24.3 Å². The molecule has 0 radical (unpaired) electrons. The Bertz CT molecular complexity index is 485. The van der Waals surface area contributed by atoms with Gasteiger partial charge in [-0.25, -0.2) is 0 Å². The molecule has 1 aliphatic carbocycles. The third-order valence-electron chi connectivity index (χ3n) is 3.36. The van der Waals surface area contributed by atoms with E-state index < -0.39 is 0 Å². The van der Waals surface area contributed by atoms with Gasteiger partial charge in [0.25, 0.3) is 0 Å². The SMILES string of the molecule is NC(=S)c1ccccc1CSCC(=O)OC1CCCC1. The van der Waals surface area contributed by atoms with E-state index in [-0.39, 0.29) is 12.1 Å². The molecule has 1 saturated carbocycles. The first-order chi connectivity index (χ1) is 9.66. The molecule has 0 spiro atoms. The van der Waals surface area contributed by atoms with Gasteiger partial charge in [0.05, 0.1) is 5.75 Å². The monoisotopic (exact) mass is 309 g/mol. The highest BCUT2D eigenvalue weighted by Gasteiger charge is 2.19. The highest BCUT2D eigenvalue weighted by Crippen LogP contribution is 2.22. The van der Waals surface area contributed by atoms with Gasteiger partial charge in [0, 0.05) is 11.3 Å². The van der Waals surface area contributed by atoms with Gasteiger partial charge in [-0.2, -0.15) is 0 Å². The summed E-state index contributed by atoms with van der Waals surface area (Å²) in [6.07, 6.45) is 4.52. The second-order valence-electron chi connectivity index (χ2n) is 4.91. The lowest BCUT2D eigenvalue weighted by molar-refractivity contribution is -0.145. The maximum absolute atomic E-state index is 11.7. The third kappa shape index (κ3) is 4.49. The summed E-state index contributed by atoms with van der Waals surface area (Å²) in [6, 6.07) is 7.77. The molecular formula is C15H19NO2S2. The van der Waals surface area contributed by atoms with Gasteiger partial charge in [0.15, 0.2) is 0 Å². The summed E-state index contributed by atoms with van der Waals surface area (Å²) in [5.74, 6) is 0.977. The zero-order valence-electron chi connectivity index (χ0n) is 11.3. The van der Waals surface area contributed by atoms with Crippen LogP contribution in [0.1, 0.15) is 36.8 Å². The Morgan fingerprint density at radius 3 is 2.75 bits per heavy atom. The van der Waals surface area contributed by atoms with E-state index in [4.69, 9.17) is 22.7 Å². The van der Waals surface area contributed by atoms with Gasteiger partial charge in [0.2, 0.25) is 0 Å². The number of rotatable bonds is 6. The van der Waals surface area contributed by atoms with Gasteiger partial charge >= 0.3 is 5.97 Å². The maximum Gasteiger partial charge on any atom is 0.316 e. The first-order valence-corrected chi connectivity index (χ1v) is 8.38. The molecule has 0 unspecified atom stereocenters. The molecule has 2 N–H and O–H groups in total. The Morgan fingerprint density at radius 2 is 2.05 bits per heavy atom. The van der Waals surface area contributed by atoms with E-state index >= 15 is 0 Å². The Hall–Kier alpha value is -1.07. The lowest BCUT2D eigenvalue weighted by atomic mass is 10.1. The summed E-state index contributed by atoms with van der Waals surface area (Å²) in [5.41, 5.74) is 7.64. The summed E-state index contributed by atoms with van der Waals surface area (Å²) in [4.78, 5) is 12.1. The van der Waals surface area contributed by atoms with Crippen LogP contribution >= 0.6 is 24.0 Å². The average Bonchev–Trinajstić information content (AvgIpc) is 2.92. The van der Waals surface area contributed by atoms with Crippen molar-refractivity contribution in [2.75, 3.05) is 5.75 Å². The highest BCUT2D eigenvalue weighted by atomic mass is 32.2. The van der Waals surface area contributed by atoms with Gasteiger partial charge in [-0.15, -0.1) is 11.8 Å². The second-order valence-corrected chi connectivity index (χ2v) is 6.34. The minimum atomic E-state index is -0.116. The van der Waals surface area contributed by atoms with Gasteiger partial charge in [-0.3, -0.25) is 4.79 Å². The number of benzene rings is 1. The molecule has 108 valence electrons. The van der Waals surface area contributed by atoms with E-state index in [1.807, 2.05) is 24.3 Å². The standard InChI is InChI=1S/C15H19NO2S2/c16-15(19)13-8-4-1-5-11(13)9-20-10-14(17)18-12-6-2-3-7-12/h1,4-5,8,12H,2-3,6-7,9-10H2,(H2,16,19). The third-order valence-corrected chi connectivity index (χ3v) is 4.54. The van der Waals surface area contributed by atoms with Crippen molar-refractivity contribution in [3.05, 3.63) is 35.4 Å². The van der Waals surface area contributed by atoms with Crippen LogP contribution < -0.4 is 5.73 Å². The molecule has 1 aliphatic rings. The van der Waals surface area contributed by atoms with Crippen molar-refractivity contribution in [2.24, 2.45) is 5.73 Å². The van der Waals surface area contributed by atoms with E-state index in [1.54, 1.807) is 0 Å². The molecule has 3 nitrogen and oxygen atoms in total. The van der Waals surface area contributed by atoms with E-state index in [9.17, 15) is 4.79 Å². The Morgan fingerprint density at radius 1 is 1.35 bits per heavy atom. The summed E-state index contributed by atoms with van der Waals surface area (Å²) in [6.45, 7) is 0. The van der Waals surface area contributed by atoms with Crippen molar-refractivity contribution in [1.82, 2.24) is 0 Å². The van der Waals surface area contributed by atoms with E-state index in [1.165, 1.54) is 24.6 Å². The highest BCUT2D eigenvalue weighted by molar-refractivity contribution is 7.99. The minimum Gasteiger partial charge on any atom is -0.462 e. The molecule has 0 bridgehead atoms. The van der Waals surface area contributed by atoms with Crippen LogP contribution in [0.25, 0.3) is 0 Å². The average molecular weight is 309 g/mol. The fourth-order valence-electron chi connectivity index (χ4n) is 2.36. The fourth-order valence-corrected chi connectivity index (χ4v) is 3.36. The number of nitrogens with two attached hydrogens (primary N) is 1. The number of carbonyl (C=O) groups excluding carboxylic acids is 1. The number of hydrogen-bond acceptors (Lipinski definition) is 4. The summed E-state index contributed by atoms with van der Waals surface area (Å²) >= 11 is 6.56. The number of esters is 1. The van der Waals surface area contributed by atoms with Gasteiger partial charge in [-0.1, -0.05) is 36.5 Å². The molecular weight excluding hydrogens is 290 g/mol. The van der Waals surface area contributed by atoms with Gasteiger partial charge < -0.3 is 10.5 Å². The first kappa shape index (κ1) is 15.3. The van der Waals surface area contributed by atoms with Crippen LogP contribution in [0, 0.1) is 0 Å². The smallest absolute Gasteiger partial charge is 0.316 e. The van der Waals surface area contributed by atoms with Crippen molar-refractivity contribution in [3.63, 3.8) is 0 Å². The Kier molecular flexibility index (Phi) is 5.86. The summed E-state index contributed by atoms with van der Waals surface area (Å²) < 4.78 is 5.42. The molecule has 0 amide bonds. The topological polar surface area (TPSA) is 52.3 Å². The fraction of sp³-hybridized carbons (Fsp3) is 0.467. The zero-order chi connectivity index (χ0) is 14.4. The molecule has 0 aromatic heterocycles. The minimum absolute atomic E-state index is 0.116. The van der Waals surface area contributed by atoms with Crippen molar-refractivity contribution in [2.45, 2.75) is 37.5 Å². The van der Waals surface area contributed by atoms with Crippen molar-refractivity contribution in [1.29, 1.82) is 0 Å².